The van der Waals surface area contributed by atoms with Crippen molar-refractivity contribution in [1.29, 1.82) is 0 Å². The largest absolute Gasteiger partial charge is 0.481 e. The van der Waals surface area contributed by atoms with Crippen LogP contribution in [0.5, 0.6) is 5.88 Å². The Labute approximate surface area is 89.1 Å². The van der Waals surface area contributed by atoms with Crippen molar-refractivity contribution < 1.29 is 4.74 Å². The molecule has 0 saturated heterocycles. The predicted octanol–water partition coefficient (Wildman–Crippen LogP) is 2.30. The van der Waals surface area contributed by atoms with Gasteiger partial charge in [-0.3, -0.25) is 4.85 Å². The Morgan fingerprint density at radius 1 is 1.53 bits per heavy atom. The van der Waals surface area contributed by atoms with Crippen molar-refractivity contribution in [2.24, 2.45) is 0 Å². The predicted molar refractivity (Wildman–Crippen MR) is 57.6 cm³/mol. The molecule has 2 rings (SSSR count). The normalized spacial score (nSPS) is 17.3. The van der Waals surface area contributed by atoms with Crippen LogP contribution in [-0.2, 0) is 0 Å². The van der Waals surface area contributed by atoms with E-state index in [1.807, 2.05) is 6.07 Å². The fourth-order valence-electron chi connectivity index (χ4n) is 1.62. The number of pyridine rings is 1. The molecule has 0 atom stereocenters. The highest BCUT2D eigenvalue weighted by molar-refractivity contribution is 5.46. The molecule has 0 bridgehead atoms. The molecule has 1 N–H and O–H groups in total. The molecule has 1 aliphatic rings. The molecule has 0 unspecified atom stereocenters. The molecule has 4 heteroatoms. The van der Waals surface area contributed by atoms with Gasteiger partial charge in [0.05, 0.1) is 19.0 Å². The molecular weight excluding hydrogens is 190 g/mol. The minimum atomic E-state index is -0.379. The first kappa shape index (κ1) is 9.78. The SMILES string of the molecule is [C-]#[N+]C1(Nc2ccc(OC)nc2)CCC1. The average molecular weight is 203 g/mol. The zero-order valence-corrected chi connectivity index (χ0v) is 8.66. The maximum Gasteiger partial charge on any atom is 0.305 e. The monoisotopic (exact) mass is 203 g/mol. The van der Waals surface area contributed by atoms with Gasteiger partial charge in [-0.15, -0.1) is 0 Å². The molecule has 1 aromatic heterocycles. The lowest BCUT2D eigenvalue weighted by atomic mass is 9.85. The number of methoxy groups -OCH3 is 1. The zero-order chi connectivity index (χ0) is 10.7. The van der Waals surface area contributed by atoms with Crippen molar-refractivity contribution in [1.82, 2.24) is 4.98 Å². The van der Waals surface area contributed by atoms with E-state index in [4.69, 9.17) is 11.3 Å². The van der Waals surface area contributed by atoms with E-state index in [0.29, 0.717) is 5.88 Å². The number of rotatable bonds is 3. The molecule has 4 nitrogen and oxygen atoms in total. The van der Waals surface area contributed by atoms with E-state index in [2.05, 4.69) is 15.1 Å². The summed E-state index contributed by atoms with van der Waals surface area (Å²) in [5.74, 6) is 0.589. The summed E-state index contributed by atoms with van der Waals surface area (Å²) >= 11 is 0. The van der Waals surface area contributed by atoms with Gasteiger partial charge in [0.25, 0.3) is 0 Å². The third kappa shape index (κ3) is 1.86. The van der Waals surface area contributed by atoms with Crippen LogP contribution in [0.15, 0.2) is 18.3 Å². The van der Waals surface area contributed by atoms with Crippen molar-refractivity contribution in [3.05, 3.63) is 29.7 Å². The van der Waals surface area contributed by atoms with Gasteiger partial charge in [-0.2, -0.15) is 0 Å². The first-order valence-electron chi connectivity index (χ1n) is 4.95. The second kappa shape index (κ2) is 3.77. The smallest absolute Gasteiger partial charge is 0.305 e. The van der Waals surface area contributed by atoms with Crippen molar-refractivity contribution in [3.63, 3.8) is 0 Å². The average Bonchev–Trinajstić information content (AvgIpc) is 2.24. The quantitative estimate of drug-likeness (QED) is 0.766. The summed E-state index contributed by atoms with van der Waals surface area (Å²) in [6, 6.07) is 3.68. The first-order chi connectivity index (χ1) is 7.28. The van der Waals surface area contributed by atoms with E-state index in [9.17, 15) is 0 Å². The highest BCUT2D eigenvalue weighted by atomic mass is 16.5. The topological polar surface area (TPSA) is 38.5 Å². The van der Waals surface area contributed by atoms with Crippen LogP contribution in [-0.4, -0.2) is 17.8 Å². The summed E-state index contributed by atoms with van der Waals surface area (Å²) in [7, 11) is 1.59. The van der Waals surface area contributed by atoms with Crippen LogP contribution in [0.4, 0.5) is 5.69 Å². The lowest BCUT2D eigenvalue weighted by Gasteiger charge is -2.31. The van der Waals surface area contributed by atoms with Crippen LogP contribution >= 0.6 is 0 Å². The van der Waals surface area contributed by atoms with Crippen LogP contribution in [0.1, 0.15) is 19.3 Å². The van der Waals surface area contributed by atoms with E-state index in [1.165, 1.54) is 0 Å². The fourth-order valence-corrected chi connectivity index (χ4v) is 1.62. The summed E-state index contributed by atoms with van der Waals surface area (Å²) < 4.78 is 4.97. The second-order valence-corrected chi connectivity index (χ2v) is 3.71. The van der Waals surface area contributed by atoms with E-state index in [-0.39, 0.29) is 5.66 Å². The maximum absolute atomic E-state index is 7.15. The molecular formula is C11H13N3O. The van der Waals surface area contributed by atoms with Gasteiger partial charge in [0.1, 0.15) is 0 Å². The fraction of sp³-hybridized carbons (Fsp3) is 0.455. The number of ether oxygens (including phenoxy) is 1. The van der Waals surface area contributed by atoms with Gasteiger partial charge in [0, 0.05) is 18.9 Å². The first-order valence-corrected chi connectivity index (χ1v) is 4.95. The highest BCUT2D eigenvalue weighted by Gasteiger charge is 2.43. The number of nitrogens with one attached hydrogen (secondary N) is 1. The molecule has 0 aliphatic heterocycles. The van der Waals surface area contributed by atoms with Crippen LogP contribution in [0, 0.1) is 6.57 Å². The molecule has 1 fully saturated rings. The van der Waals surface area contributed by atoms with Gasteiger partial charge in [-0.25, -0.2) is 11.6 Å². The molecule has 15 heavy (non-hydrogen) atoms. The second-order valence-electron chi connectivity index (χ2n) is 3.71. The summed E-state index contributed by atoms with van der Waals surface area (Å²) in [6.07, 6.45) is 4.66. The Morgan fingerprint density at radius 3 is 2.73 bits per heavy atom. The van der Waals surface area contributed by atoms with Crippen LogP contribution in [0.2, 0.25) is 0 Å². The maximum atomic E-state index is 7.15. The van der Waals surface area contributed by atoms with Crippen molar-refractivity contribution in [3.8, 4) is 5.88 Å². The lowest BCUT2D eigenvalue weighted by Crippen LogP contribution is -2.41. The molecule has 78 valence electrons. The summed E-state index contributed by atoms with van der Waals surface area (Å²) in [5.41, 5.74) is 0.502. The summed E-state index contributed by atoms with van der Waals surface area (Å²) in [6.45, 7) is 7.15. The van der Waals surface area contributed by atoms with Crippen LogP contribution in [0.25, 0.3) is 4.85 Å². The van der Waals surface area contributed by atoms with Crippen molar-refractivity contribution >= 4 is 5.69 Å². The number of anilines is 1. The zero-order valence-electron chi connectivity index (χ0n) is 8.66. The van der Waals surface area contributed by atoms with Crippen molar-refractivity contribution in [2.75, 3.05) is 12.4 Å². The van der Waals surface area contributed by atoms with E-state index < -0.39 is 0 Å². The van der Waals surface area contributed by atoms with Gasteiger partial charge in [-0.1, -0.05) is 0 Å². The van der Waals surface area contributed by atoms with E-state index in [0.717, 1.165) is 24.9 Å². The third-order valence-corrected chi connectivity index (χ3v) is 2.72. The Morgan fingerprint density at radius 2 is 2.33 bits per heavy atom. The van der Waals surface area contributed by atoms with E-state index in [1.54, 1.807) is 19.4 Å². The van der Waals surface area contributed by atoms with Gasteiger partial charge in [0.15, 0.2) is 0 Å². The molecule has 0 spiro atoms. The minimum Gasteiger partial charge on any atom is -0.481 e. The number of hydrogen-bond donors (Lipinski definition) is 1. The Bertz CT molecular complexity index is 376. The summed E-state index contributed by atoms with van der Waals surface area (Å²) in [4.78, 5) is 7.73. The van der Waals surface area contributed by atoms with Gasteiger partial charge in [0.2, 0.25) is 5.88 Å². The molecule has 0 amide bonds. The third-order valence-electron chi connectivity index (χ3n) is 2.72. The van der Waals surface area contributed by atoms with Crippen LogP contribution in [0.3, 0.4) is 0 Å². The summed E-state index contributed by atoms with van der Waals surface area (Å²) in [5, 5.41) is 3.22. The van der Waals surface area contributed by atoms with Crippen molar-refractivity contribution in [2.45, 2.75) is 24.9 Å². The number of hydrogen-bond acceptors (Lipinski definition) is 3. The Kier molecular flexibility index (Phi) is 2.46. The van der Waals surface area contributed by atoms with Gasteiger partial charge in [-0.05, 0) is 12.5 Å². The van der Waals surface area contributed by atoms with Gasteiger partial charge < -0.3 is 10.1 Å². The molecule has 1 heterocycles. The number of aromatic nitrogens is 1. The molecule has 0 radical (unpaired) electrons. The standard InChI is InChI=1S/C11H13N3O/c1-12-11(6-3-7-11)14-9-4-5-10(15-2)13-8-9/h4-5,8,14H,3,6-7H2,2H3. The number of nitrogens with zero attached hydrogens (tertiary/aromatic N) is 2. The molecule has 1 saturated carbocycles. The highest BCUT2D eigenvalue weighted by Crippen LogP contribution is 2.36. The minimum absolute atomic E-state index is 0.379. The molecule has 1 aliphatic carbocycles. The van der Waals surface area contributed by atoms with Crippen LogP contribution < -0.4 is 10.1 Å². The lowest BCUT2D eigenvalue weighted by molar-refractivity contribution is 0.343. The molecule has 1 aromatic rings. The molecule has 0 aromatic carbocycles. The Hall–Kier alpha value is -1.76. The Balaban J connectivity index is 2.08. The van der Waals surface area contributed by atoms with E-state index >= 15 is 0 Å². The van der Waals surface area contributed by atoms with Gasteiger partial charge >= 0.3 is 5.66 Å².